The lowest BCUT2D eigenvalue weighted by Gasteiger charge is -1.97. The molecule has 1 heterocycles. The molecule has 1 atom stereocenters. The molecule has 0 aliphatic carbocycles. The fraction of sp³-hybridized carbons (Fsp3) is 1.00. The summed E-state index contributed by atoms with van der Waals surface area (Å²) in [5.41, 5.74) is 0. The minimum atomic E-state index is -4.22. The normalized spacial score (nSPS) is 28.8. The highest BCUT2D eigenvalue weighted by Crippen LogP contribution is 2.23. The Morgan fingerprint density at radius 2 is 2.22 bits per heavy atom. The summed E-state index contributed by atoms with van der Waals surface area (Å²) in [7, 11) is -4.22. The molecule has 1 aliphatic rings. The molecule has 0 spiro atoms. The topological polar surface area (TPSA) is 34.1 Å². The Balaban J connectivity index is 2.63. The molecule has 5 heteroatoms. The van der Waals surface area contributed by atoms with Gasteiger partial charge in [0.15, 0.2) is 0 Å². The van der Waals surface area contributed by atoms with E-state index in [2.05, 4.69) is 0 Å². The van der Waals surface area contributed by atoms with Crippen molar-refractivity contribution >= 4 is 22.0 Å². The van der Waals surface area contributed by atoms with E-state index in [-0.39, 0.29) is 0 Å². The Morgan fingerprint density at radius 3 is 2.44 bits per heavy atom. The van der Waals surface area contributed by atoms with Crippen molar-refractivity contribution in [3.8, 4) is 0 Å². The molecule has 9 heavy (non-hydrogen) atoms. The molecular formula is C4H7FO2S2. The molecule has 0 amide bonds. The van der Waals surface area contributed by atoms with Crippen LogP contribution in [0.5, 0.6) is 0 Å². The third kappa shape index (κ3) is 1.82. The van der Waals surface area contributed by atoms with Crippen molar-refractivity contribution in [1.82, 2.24) is 0 Å². The highest BCUT2D eigenvalue weighted by atomic mass is 32.3. The van der Waals surface area contributed by atoms with Gasteiger partial charge in [-0.1, -0.05) is 0 Å². The fourth-order valence-electron chi connectivity index (χ4n) is 0.735. The summed E-state index contributed by atoms with van der Waals surface area (Å²) in [6, 6.07) is 0. The van der Waals surface area contributed by atoms with Crippen LogP contribution in [0.25, 0.3) is 0 Å². The molecule has 1 rings (SSSR count). The first-order chi connectivity index (χ1) is 4.11. The van der Waals surface area contributed by atoms with Gasteiger partial charge >= 0.3 is 10.2 Å². The number of hydrogen-bond acceptors (Lipinski definition) is 3. The Labute approximate surface area is 58.0 Å². The predicted molar refractivity (Wildman–Crippen MR) is 35.8 cm³/mol. The van der Waals surface area contributed by atoms with Crippen LogP contribution in [0, 0.1) is 0 Å². The van der Waals surface area contributed by atoms with Crippen LogP contribution in [0.3, 0.4) is 0 Å². The van der Waals surface area contributed by atoms with E-state index >= 15 is 0 Å². The first kappa shape index (κ1) is 7.34. The van der Waals surface area contributed by atoms with E-state index in [0.29, 0.717) is 12.2 Å². The molecule has 0 aromatic heterocycles. The summed E-state index contributed by atoms with van der Waals surface area (Å²) in [6.45, 7) is 0. The van der Waals surface area contributed by atoms with Crippen LogP contribution < -0.4 is 0 Å². The Kier molecular flexibility index (Phi) is 2.00. The van der Waals surface area contributed by atoms with Crippen molar-refractivity contribution < 1.29 is 12.3 Å². The summed E-state index contributed by atoms with van der Waals surface area (Å²) in [6.07, 6.45) is 0.476. The summed E-state index contributed by atoms with van der Waals surface area (Å²) in [4.78, 5) is 0. The fourth-order valence-corrected chi connectivity index (χ4v) is 3.27. The standard InChI is InChI=1S/C4H7FO2S2/c5-9(6,7)4-1-2-8-3-4/h4H,1-3H2. The molecule has 0 radical (unpaired) electrons. The molecule has 0 aromatic rings. The minimum Gasteiger partial charge on any atom is -0.195 e. The van der Waals surface area contributed by atoms with Gasteiger partial charge in [0.2, 0.25) is 0 Å². The highest BCUT2D eigenvalue weighted by molar-refractivity contribution is 8.00. The second-order valence-corrected chi connectivity index (χ2v) is 4.73. The van der Waals surface area contributed by atoms with E-state index in [9.17, 15) is 12.3 Å². The molecule has 1 fully saturated rings. The van der Waals surface area contributed by atoms with E-state index in [1.165, 1.54) is 11.8 Å². The molecule has 0 bridgehead atoms. The largest absolute Gasteiger partial charge is 0.306 e. The van der Waals surface area contributed by atoms with Crippen LogP contribution in [-0.4, -0.2) is 25.2 Å². The molecule has 1 saturated heterocycles. The predicted octanol–water partition coefficient (Wildman–Crippen LogP) is 0.791. The maximum Gasteiger partial charge on any atom is 0.306 e. The summed E-state index contributed by atoms with van der Waals surface area (Å²) < 4.78 is 32.4. The molecule has 1 aliphatic heterocycles. The maximum atomic E-state index is 12.1. The maximum absolute atomic E-state index is 12.1. The van der Waals surface area contributed by atoms with E-state index < -0.39 is 15.5 Å². The van der Waals surface area contributed by atoms with Crippen LogP contribution >= 0.6 is 11.8 Å². The zero-order valence-corrected chi connectivity index (χ0v) is 6.34. The second-order valence-electron chi connectivity index (χ2n) is 1.96. The molecule has 0 aromatic carbocycles. The Hall–Kier alpha value is 0.230. The van der Waals surface area contributed by atoms with Crippen molar-refractivity contribution in [3.63, 3.8) is 0 Å². The van der Waals surface area contributed by atoms with Gasteiger partial charge in [0, 0.05) is 5.75 Å². The smallest absolute Gasteiger partial charge is 0.195 e. The molecule has 54 valence electrons. The lowest BCUT2D eigenvalue weighted by atomic mass is 10.4. The number of halogens is 1. The van der Waals surface area contributed by atoms with E-state index in [1.54, 1.807) is 0 Å². The van der Waals surface area contributed by atoms with Crippen molar-refractivity contribution in [1.29, 1.82) is 0 Å². The van der Waals surface area contributed by atoms with E-state index in [0.717, 1.165) is 5.75 Å². The first-order valence-electron chi connectivity index (χ1n) is 2.62. The SMILES string of the molecule is O=S(=O)(F)C1CCSC1. The van der Waals surface area contributed by atoms with Crippen molar-refractivity contribution in [2.75, 3.05) is 11.5 Å². The molecule has 1 unspecified atom stereocenters. The summed E-state index contributed by atoms with van der Waals surface area (Å²) >= 11 is 1.49. The average Bonchev–Trinajstić information content (AvgIpc) is 2.08. The molecule has 2 nitrogen and oxygen atoms in total. The zero-order valence-electron chi connectivity index (χ0n) is 4.71. The van der Waals surface area contributed by atoms with Gasteiger partial charge in [-0.15, -0.1) is 3.89 Å². The van der Waals surface area contributed by atoms with Gasteiger partial charge in [-0.3, -0.25) is 0 Å². The lowest BCUT2D eigenvalue weighted by Crippen LogP contribution is -2.14. The van der Waals surface area contributed by atoms with Crippen LogP contribution in [0.4, 0.5) is 3.89 Å². The van der Waals surface area contributed by atoms with Gasteiger partial charge in [0.25, 0.3) is 0 Å². The van der Waals surface area contributed by atoms with Gasteiger partial charge in [-0.2, -0.15) is 20.2 Å². The zero-order chi connectivity index (χ0) is 6.91. The number of hydrogen-bond donors (Lipinski definition) is 0. The summed E-state index contributed by atoms with van der Waals surface area (Å²) in [5, 5.41) is -0.720. The van der Waals surface area contributed by atoms with E-state index in [4.69, 9.17) is 0 Å². The van der Waals surface area contributed by atoms with Gasteiger partial charge < -0.3 is 0 Å². The van der Waals surface area contributed by atoms with Crippen LogP contribution in [0.1, 0.15) is 6.42 Å². The van der Waals surface area contributed by atoms with Gasteiger partial charge in [-0.05, 0) is 12.2 Å². The second kappa shape index (κ2) is 2.46. The molecule has 0 saturated carbocycles. The lowest BCUT2D eigenvalue weighted by molar-refractivity contribution is 0.538. The third-order valence-electron chi connectivity index (χ3n) is 1.29. The molecular weight excluding hydrogens is 163 g/mol. The highest BCUT2D eigenvalue weighted by Gasteiger charge is 2.28. The van der Waals surface area contributed by atoms with Crippen molar-refractivity contribution in [2.24, 2.45) is 0 Å². The van der Waals surface area contributed by atoms with Crippen molar-refractivity contribution in [2.45, 2.75) is 11.7 Å². The van der Waals surface area contributed by atoms with Gasteiger partial charge in [0.1, 0.15) is 5.25 Å². The van der Waals surface area contributed by atoms with Crippen LogP contribution in [0.2, 0.25) is 0 Å². The number of rotatable bonds is 1. The van der Waals surface area contributed by atoms with Crippen molar-refractivity contribution in [3.05, 3.63) is 0 Å². The van der Waals surface area contributed by atoms with E-state index in [1.807, 2.05) is 0 Å². The average molecular weight is 170 g/mol. The first-order valence-corrected chi connectivity index (χ1v) is 5.22. The Bertz CT molecular complexity index is 181. The number of thioether (sulfide) groups is 1. The molecule has 0 N–H and O–H groups in total. The third-order valence-corrected chi connectivity index (χ3v) is 3.86. The van der Waals surface area contributed by atoms with Crippen LogP contribution in [-0.2, 0) is 10.2 Å². The minimum absolute atomic E-state index is 0.429. The quantitative estimate of drug-likeness (QED) is 0.546. The Morgan fingerprint density at radius 1 is 1.56 bits per heavy atom. The van der Waals surface area contributed by atoms with Gasteiger partial charge in [0.05, 0.1) is 0 Å². The monoisotopic (exact) mass is 170 g/mol. The van der Waals surface area contributed by atoms with Gasteiger partial charge in [-0.25, -0.2) is 0 Å². The summed E-state index contributed by atoms with van der Waals surface area (Å²) in [5.74, 6) is 1.20. The van der Waals surface area contributed by atoms with Crippen LogP contribution in [0.15, 0.2) is 0 Å².